The van der Waals surface area contributed by atoms with Gasteiger partial charge < -0.3 is 10.1 Å². The van der Waals surface area contributed by atoms with E-state index in [-0.39, 0.29) is 0 Å². The van der Waals surface area contributed by atoms with Crippen molar-refractivity contribution >= 4 is 11.6 Å². The summed E-state index contributed by atoms with van der Waals surface area (Å²) >= 11 is 6.30. The Morgan fingerprint density at radius 2 is 2.29 bits per heavy atom. The van der Waals surface area contributed by atoms with Crippen molar-refractivity contribution in [1.82, 2.24) is 5.32 Å². The maximum atomic E-state index is 6.30. The van der Waals surface area contributed by atoms with E-state index in [0.717, 1.165) is 35.7 Å². The van der Waals surface area contributed by atoms with Crippen LogP contribution in [-0.4, -0.2) is 19.7 Å². The monoisotopic (exact) mass is 253 g/mol. The molecule has 1 aliphatic heterocycles. The third kappa shape index (κ3) is 2.93. The van der Waals surface area contributed by atoms with Crippen LogP contribution >= 0.6 is 11.6 Å². The first-order valence-corrected chi connectivity index (χ1v) is 6.71. The molecule has 0 bridgehead atoms. The van der Waals surface area contributed by atoms with Crippen molar-refractivity contribution in [3.63, 3.8) is 0 Å². The summed E-state index contributed by atoms with van der Waals surface area (Å²) in [5.41, 5.74) is 2.38. The van der Waals surface area contributed by atoms with Gasteiger partial charge in [-0.15, -0.1) is 0 Å². The number of hydrogen-bond donors (Lipinski definition) is 1. The number of hydrogen-bond acceptors (Lipinski definition) is 2. The zero-order chi connectivity index (χ0) is 12.3. The number of nitrogens with one attached hydrogen (secondary N) is 1. The lowest BCUT2D eigenvalue weighted by molar-refractivity contribution is 0.409. The van der Waals surface area contributed by atoms with Crippen LogP contribution in [0, 0.1) is 0 Å². The molecule has 2 rings (SSSR count). The van der Waals surface area contributed by atoms with Crippen molar-refractivity contribution < 1.29 is 4.74 Å². The van der Waals surface area contributed by atoms with Gasteiger partial charge in [-0.25, -0.2) is 0 Å². The number of rotatable bonds is 4. The van der Waals surface area contributed by atoms with Gasteiger partial charge in [-0.2, -0.15) is 0 Å². The molecule has 0 amide bonds. The summed E-state index contributed by atoms with van der Waals surface area (Å²) in [6.45, 7) is 3.24. The van der Waals surface area contributed by atoms with E-state index < -0.39 is 0 Å². The van der Waals surface area contributed by atoms with Gasteiger partial charge in [-0.3, -0.25) is 0 Å². The van der Waals surface area contributed by atoms with E-state index in [0.29, 0.717) is 6.04 Å². The van der Waals surface area contributed by atoms with Crippen molar-refractivity contribution in [3.8, 4) is 5.75 Å². The molecule has 0 aliphatic carbocycles. The van der Waals surface area contributed by atoms with Crippen LogP contribution in [-0.2, 0) is 12.8 Å². The predicted molar refractivity (Wildman–Crippen MR) is 72.1 cm³/mol. The SMILES string of the molecule is CCc1c(Cl)cc(CC2CCCN2)cc1OC. The Balaban J connectivity index is 2.19. The van der Waals surface area contributed by atoms with Gasteiger partial charge >= 0.3 is 0 Å². The van der Waals surface area contributed by atoms with E-state index >= 15 is 0 Å². The maximum Gasteiger partial charge on any atom is 0.123 e. The van der Waals surface area contributed by atoms with Gasteiger partial charge in [0.2, 0.25) is 0 Å². The first kappa shape index (κ1) is 12.7. The van der Waals surface area contributed by atoms with Crippen LogP contribution in [0.1, 0.15) is 30.9 Å². The number of halogens is 1. The highest BCUT2D eigenvalue weighted by Gasteiger charge is 2.16. The van der Waals surface area contributed by atoms with E-state index in [1.165, 1.54) is 18.4 Å². The smallest absolute Gasteiger partial charge is 0.123 e. The predicted octanol–water partition coefficient (Wildman–Crippen LogP) is 3.21. The molecule has 3 heteroatoms. The molecule has 1 atom stereocenters. The fourth-order valence-corrected chi connectivity index (χ4v) is 2.89. The molecule has 1 fully saturated rings. The largest absolute Gasteiger partial charge is 0.496 e. The molecular formula is C14H20ClNO. The highest BCUT2D eigenvalue weighted by Crippen LogP contribution is 2.30. The minimum absolute atomic E-state index is 0.600. The molecule has 0 aromatic heterocycles. The van der Waals surface area contributed by atoms with E-state index in [1.54, 1.807) is 7.11 Å². The quantitative estimate of drug-likeness (QED) is 0.890. The molecule has 1 heterocycles. The van der Waals surface area contributed by atoms with Gasteiger partial charge in [0.1, 0.15) is 5.75 Å². The average Bonchev–Trinajstić information content (AvgIpc) is 2.81. The molecule has 1 aliphatic rings. The summed E-state index contributed by atoms with van der Waals surface area (Å²) in [6.07, 6.45) is 4.49. The Kier molecular flexibility index (Phi) is 4.30. The van der Waals surface area contributed by atoms with E-state index in [2.05, 4.69) is 24.4 Å². The third-order valence-electron chi connectivity index (χ3n) is 3.43. The lowest BCUT2D eigenvalue weighted by Crippen LogP contribution is -2.23. The first-order chi connectivity index (χ1) is 8.24. The van der Waals surface area contributed by atoms with Gasteiger partial charge in [0.25, 0.3) is 0 Å². The van der Waals surface area contributed by atoms with Crippen LogP contribution in [0.3, 0.4) is 0 Å². The van der Waals surface area contributed by atoms with Crippen molar-refractivity contribution in [2.24, 2.45) is 0 Å². The second-order valence-electron chi connectivity index (χ2n) is 4.61. The Bertz CT molecular complexity index is 386. The Labute approximate surface area is 108 Å². The summed E-state index contributed by atoms with van der Waals surface area (Å²) in [6, 6.07) is 4.82. The molecule has 0 spiro atoms. The summed E-state index contributed by atoms with van der Waals surface area (Å²) < 4.78 is 5.42. The zero-order valence-corrected chi connectivity index (χ0v) is 11.3. The average molecular weight is 254 g/mol. The lowest BCUT2D eigenvalue weighted by Gasteiger charge is -2.14. The third-order valence-corrected chi connectivity index (χ3v) is 3.77. The van der Waals surface area contributed by atoms with Gasteiger partial charge in [-0.05, 0) is 49.9 Å². The van der Waals surface area contributed by atoms with Gasteiger partial charge in [0, 0.05) is 16.6 Å². The second kappa shape index (κ2) is 5.74. The van der Waals surface area contributed by atoms with Gasteiger partial charge in [-0.1, -0.05) is 18.5 Å². The molecule has 0 saturated carbocycles. The van der Waals surface area contributed by atoms with E-state index in [4.69, 9.17) is 16.3 Å². The molecule has 1 aromatic carbocycles. The molecule has 1 N–H and O–H groups in total. The molecule has 1 saturated heterocycles. The molecule has 0 radical (unpaired) electrons. The van der Waals surface area contributed by atoms with Gasteiger partial charge in [0.15, 0.2) is 0 Å². The molecule has 1 unspecified atom stereocenters. The molecule has 94 valence electrons. The zero-order valence-electron chi connectivity index (χ0n) is 10.6. The standard InChI is InChI=1S/C14H20ClNO/c1-3-12-13(15)8-10(9-14(12)17-2)7-11-5-4-6-16-11/h8-9,11,16H,3-7H2,1-2H3. The number of methoxy groups -OCH3 is 1. The first-order valence-electron chi connectivity index (χ1n) is 6.33. The molecule has 1 aromatic rings. The van der Waals surface area contributed by atoms with Crippen molar-refractivity contribution in [3.05, 3.63) is 28.3 Å². The van der Waals surface area contributed by atoms with E-state index in [1.807, 2.05) is 0 Å². The summed E-state index contributed by atoms with van der Waals surface area (Å²) in [5.74, 6) is 0.924. The molecule has 2 nitrogen and oxygen atoms in total. The second-order valence-corrected chi connectivity index (χ2v) is 5.02. The van der Waals surface area contributed by atoms with Crippen molar-refractivity contribution in [2.75, 3.05) is 13.7 Å². The molecular weight excluding hydrogens is 234 g/mol. The van der Waals surface area contributed by atoms with Crippen LogP contribution in [0.2, 0.25) is 5.02 Å². The molecule has 17 heavy (non-hydrogen) atoms. The maximum absolute atomic E-state index is 6.30. The highest BCUT2D eigenvalue weighted by atomic mass is 35.5. The fourth-order valence-electron chi connectivity index (χ4n) is 2.52. The Morgan fingerprint density at radius 1 is 1.47 bits per heavy atom. The summed E-state index contributed by atoms with van der Waals surface area (Å²) in [7, 11) is 1.71. The normalized spacial score (nSPS) is 19.6. The van der Waals surface area contributed by atoms with Crippen LogP contribution in [0.5, 0.6) is 5.75 Å². The topological polar surface area (TPSA) is 21.3 Å². The highest BCUT2D eigenvalue weighted by molar-refractivity contribution is 6.31. The van der Waals surface area contributed by atoms with Crippen LogP contribution in [0.15, 0.2) is 12.1 Å². The van der Waals surface area contributed by atoms with Crippen molar-refractivity contribution in [2.45, 2.75) is 38.6 Å². The number of benzene rings is 1. The van der Waals surface area contributed by atoms with Crippen molar-refractivity contribution in [1.29, 1.82) is 0 Å². The minimum Gasteiger partial charge on any atom is -0.496 e. The minimum atomic E-state index is 0.600. The van der Waals surface area contributed by atoms with Crippen LogP contribution in [0.25, 0.3) is 0 Å². The van der Waals surface area contributed by atoms with E-state index in [9.17, 15) is 0 Å². The number of ether oxygens (including phenoxy) is 1. The van der Waals surface area contributed by atoms with Crippen LogP contribution < -0.4 is 10.1 Å². The Hall–Kier alpha value is -0.730. The van der Waals surface area contributed by atoms with Gasteiger partial charge in [0.05, 0.1) is 7.11 Å². The lowest BCUT2D eigenvalue weighted by atomic mass is 10.0. The van der Waals surface area contributed by atoms with Crippen LogP contribution in [0.4, 0.5) is 0 Å². The summed E-state index contributed by atoms with van der Waals surface area (Å²) in [5, 5.41) is 4.34. The summed E-state index contributed by atoms with van der Waals surface area (Å²) in [4.78, 5) is 0. The Morgan fingerprint density at radius 3 is 2.88 bits per heavy atom. The fraction of sp³-hybridized carbons (Fsp3) is 0.571.